The van der Waals surface area contributed by atoms with Gasteiger partial charge in [-0.3, -0.25) is 18.9 Å². The predicted molar refractivity (Wildman–Crippen MR) is 157 cm³/mol. The summed E-state index contributed by atoms with van der Waals surface area (Å²) in [5, 5.41) is 4.90. The maximum absolute atomic E-state index is 13.9. The van der Waals surface area contributed by atoms with Gasteiger partial charge in [0, 0.05) is 75.1 Å². The zero-order valence-electron chi connectivity index (χ0n) is 22.7. The van der Waals surface area contributed by atoms with Crippen LogP contribution in [-0.2, 0) is 13.0 Å². The number of aryl methyl sites for hydroxylation is 2. The summed E-state index contributed by atoms with van der Waals surface area (Å²) in [4.78, 5) is 36.1. The number of nitrogens with one attached hydrogen (secondary N) is 2. The number of hydrogen-bond donors (Lipinski definition) is 2. The van der Waals surface area contributed by atoms with Crippen molar-refractivity contribution < 1.29 is 4.52 Å². The van der Waals surface area contributed by atoms with Crippen LogP contribution in [0.3, 0.4) is 0 Å². The van der Waals surface area contributed by atoms with Gasteiger partial charge in [0.1, 0.15) is 5.82 Å². The van der Waals surface area contributed by atoms with E-state index < -0.39 is 5.76 Å². The van der Waals surface area contributed by atoms with E-state index in [2.05, 4.69) is 22.0 Å². The van der Waals surface area contributed by atoms with Gasteiger partial charge < -0.3 is 4.98 Å². The number of nitrogens with zero attached hydrogens (tertiary/aromatic N) is 3. The number of rotatable bonds is 7. The average Bonchev–Trinajstić information content (AvgIpc) is 3.60. The summed E-state index contributed by atoms with van der Waals surface area (Å²) in [6, 6.07) is 23.8. The molecule has 0 atom stereocenters. The summed E-state index contributed by atoms with van der Waals surface area (Å²) in [5.74, 6) is 0.574. The van der Waals surface area contributed by atoms with Gasteiger partial charge in [0.05, 0.1) is 17.8 Å². The second-order valence-electron chi connectivity index (χ2n) is 9.60. The van der Waals surface area contributed by atoms with E-state index in [0.29, 0.717) is 24.4 Å². The van der Waals surface area contributed by atoms with E-state index in [4.69, 9.17) is 9.51 Å². The first kappa shape index (κ1) is 28.2. The maximum Gasteiger partial charge on any atom is 0.439 e. The Bertz CT molecular complexity index is 1910. The SMILES string of the molecule is CCCc1nc(C)c(-c2ccc3[nH]ccc3c2)c(=O)n1Cc1ccc(-c2ccccc2-c2noc(=O)[nH]2)cc1.[K]. The summed E-state index contributed by atoms with van der Waals surface area (Å²) in [6.07, 6.45) is 3.50. The van der Waals surface area contributed by atoms with Gasteiger partial charge in [0.25, 0.3) is 5.56 Å². The topological polar surface area (TPSA) is 110 Å². The summed E-state index contributed by atoms with van der Waals surface area (Å²) >= 11 is 0. The van der Waals surface area contributed by atoms with Crippen molar-refractivity contribution in [3.8, 4) is 33.6 Å². The molecule has 0 fully saturated rings. The molecule has 1 radical (unpaired) electrons. The molecule has 6 rings (SSSR count). The van der Waals surface area contributed by atoms with Gasteiger partial charge in [0.15, 0.2) is 5.82 Å². The predicted octanol–water partition coefficient (Wildman–Crippen LogP) is 5.33. The van der Waals surface area contributed by atoms with Crippen molar-refractivity contribution in [3.05, 3.63) is 117 Å². The molecule has 3 aromatic carbocycles. The minimum atomic E-state index is -0.595. The van der Waals surface area contributed by atoms with Crippen molar-refractivity contribution in [2.75, 3.05) is 0 Å². The van der Waals surface area contributed by atoms with Crippen LogP contribution in [0.25, 0.3) is 44.5 Å². The fourth-order valence-corrected chi connectivity index (χ4v) is 5.10. The van der Waals surface area contributed by atoms with Crippen molar-refractivity contribution in [2.24, 2.45) is 0 Å². The van der Waals surface area contributed by atoms with E-state index >= 15 is 0 Å². The Labute approximate surface area is 272 Å². The summed E-state index contributed by atoms with van der Waals surface area (Å²) < 4.78 is 6.51. The first-order valence-electron chi connectivity index (χ1n) is 12.9. The molecule has 0 aliphatic rings. The first-order chi connectivity index (χ1) is 19.0. The summed E-state index contributed by atoms with van der Waals surface area (Å²) in [5.41, 5.74) is 6.87. The maximum atomic E-state index is 13.9. The molecule has 3 heterocycles. The van der Waals surface area contributed by atoms with Gasteiger partial charge in [-0.25, -0.2) is 9.78 Å². The zero-order chi connectivity index (χ0) is 26.9. The Morgan fingerprint density at radius 1 is 0.925 bits per heavy atom. The average molecular weight is 557 g/mol. The second kappa shape index (κ2) is 12.0. The molecular formula is C31H27KN5O3. The molecule has 195 valence electrons. The molecule has 0 aliphatic heterocycles. The molecular weight excluding hydrogens is 529 g/mol. The molecule has 0 amide bonds. The molecule has 3 aromatic heterocycles. The molecule has 0 aliphatic carbocycles. The van der Waals surface area contributed by atoms with Gasteiger partial charge in [-0.05, 0) is 59.2 Å². The third-order valence-corrected chi connectivity index (χ3v) is 6.97. The molecule has 2 N–H and O–H groups in total. The molecule has 0 saturated heterocycles. The quantitative estimate of drug-likeness (QED) is 0.258. The minimum absolute atomic E-state index is 0. The molecule has 40 heavy (non-hydrogen) atoms. The van der Waals surface area contributed by atoms with Crippen LogP contribution in [0.5, 0.6) is 0 Å². The van der Waals surface area contributed by atoms with Crippen LogP contribution in [-0.4, -0.2) is 76.1 Å². The number of fused-ring (bicyclic) bond motifs is 1. The molecule has 9 heteroatoms. The van der Waals surface area contributed by atoms with Crippen LogP contribution in [0.15, 0.2) is 93.1 Å². The van der Waals surface area contributed by atoms with Crippen molar-refractivity contribution in [3.63, 3.8) is 0 Å². The standard InChI is InChI=1S/C31H27N5O3.K/c1-3-6-27-33-19(2)28(23-13-14-26-22(17-23)15-16-32-26)30(37)36(27)18-20-9-11-21(12-10-20)24-7-4-5-8-25(24)29-34-31(38)39-35-29;/h4-5,7-17,32H,3,6,18H2,1-2H3,(H,34,35,38);. The van der Waals surface area contributed by atoms with E-state index in [9.17, 15) is 9.59 Å². The Kier molecular flexibility index (Phi) is 8.48. The summed E-state index contributed by atoms with van der Waals surface area (Å²) in [6.45, 7) is 4.42. The third kappa shape index (κ3) is 5.48. The molecule has 6 aromatic rings. The van der Waals surface area contributed by atoms with Crippen molar-refractivity contribution in [1.82, 2.24) is 24.7 Å². The number of benzene rings is 3. The number of H-pyrrole nitrogens is 2. The van der Waals surface area contributed by atoms with Crippen LogP contribution in [0, 0.1) is 6.92 Å². The minimum Gasteiger partial charge on any atom is -0.361 e. The molecule has 0 saturated carbocycles. The first-order valence-corrected chi connectivity index (χ1v) is 12.9. The van der Waals surface area contributed by atoms with E-state index in [0.717, 1.165) is 56.7 Å². The van der Waals surface area contributed by atoms with Crippen LogP contribution >= 0.6 is 0 Å². The van der Waals surface area contributed by atoms with Crippen molar-refractivity contribution in [1.29, 1.82) is 0 Å². The fourth-order valence-electron chi connectivity index (χ4n) is 5.10. The van der Waals surface area contributed by atoms with Crippen LogP contribution in [0.2, 0.25) is 0 Å². The molecule has 0 bridgehead atoms. The Morgan fingerprint density at radius 3 is 2.40 bits per heavy atom. The van der Waals surface area contributed by atoms with E-state index in [-0.39, 0.29) is 56.9 Å². The number of aromatic nitrogens is 5. The van der Waals surface area contributed by atoms with E-state index in [1.54, 1.807) is 4.57 Å². The van der Waals surface area contributed by atoms with Gasteiger partial charge >= 0.3 is 5.76 Å². The Hall–Kier alpha value is -3.34. The van der Waals surface area contributed by atoms with Crippen LogP contribution in [0.4, 0.5) is 0 Å². The van der Waals surface area contributed by atoms with Gasteiger partial charge in [-0.1, -0.05) is 66.7 Å². The summed E-state index contributed by atoms with van der Waals surface area (Å²) in [7, 11) is 0. The van der Waals surface area contributed by atoms with E-state index in [1.807, 2.05) is 85.9 Å². The smallest absolute Gasteiger partial charge is 0.361 e. The second-order valence-corrected chi connectivity index (χ2v) is 9.60. The van der Waals surface area contributed by atoms with Gasteiger partial charge in [-0.2, -0.15) is 0 Å². The van der Waals surface area contributed by atoms with E-state index in [1.165, 1.54) is 0 Å². The Morgan fingerprint density at radius 2 is 1.68 bits per heavy atom. The third-order valence-electron chi connectivity index (χ3n) is 6.97. The molecule has 8 nitrogen and oxygen atoms in total. The van der Waals surface area contributed by atoms with Crippen LogP contribution < -0.4 is 11.3 Å². The fraction of sp³-hybridized carbons (Fsp3) is 0.161. The monoisotopic (exact) mass is 556 g/mol. The van der Waals surface area contributed by atoms with Gasteiger partial charge in [-0.15, -0.1) is 0 Å². The molecule has 0 spiro atoms. The zero-order valence-corrected chi connectivity index (χ0v) is 25.8. The molecule has 0 unspecified atom stereocenters. The largest absolute Gasteiger partial charge is 0.439 e. The van der Waals surface area contributed by atoms with Crippen molar-refractivity contribution in [2.45, 2.75) is 33.2 Å². The number of hydrogen-bond acceptors (Lipinski definition) is 5. The van der Waals surface area contributed by atoms with Crippen molar-refractivity contribution >= 4 is 62.3 Å². The normalized spacial score (nSPS) is 11.1. The van der Waals surface area contributed by atoms with Gasteiger partial charge in [0.2, 0.25) is 0 Å². The number of aromatic amines is 2. The van der Waals surface area contributed by atoms with Crippen LogP contribution in [0.1, 0.15) is 30.4 Å². The Balaban J connectivity index is 0.00000323.